The summed E-state index contributed by atoms with van der Waals surface area (Å²) < 4.78 is 20.0. The van der Waals surface area contributed by atoms with E-state index in [0.29, 0.717) is 28.8 Å². The van der Waals surface area contributed by atoms with Gasteiger partial charge in [-0.05, 0) is 42.0 Å². The van der Waals surface area contributed by atoms with Crippen LogP contribution in [0.1, 0.15) is 28.8 Å². The summed E-state index contributed by atoms with van der Waals surface area (Å²) in [4.78, 5) is 25.7. The molecule has 0 atom stereocenters. The summed E-state index contributed by atoms with van der Waals surface area (Å²) in [7, 11) is 0. The molecule has 1 aliphatic heterocycles. The molecule has 0 saturated carbocycles. The summed E-state index contributed by atoms with van der Waals surface area (Å²) in [6.45, 7) is 1.83. The van der Waals surface area contributed by atoms with Crippen LogP contribution >= 0.6 is 0 Å². The predicted molar refractivity (Wildman–Crippen MR) is 116 cm³/mol. The molecule has 3 aromatic carbocycles. The molecule has 4 rings (SSSR count). The first-order chi connectivity index (χ1) is 15.0. The Labute approximate surface area is 180 Å². The SMILES string of the molecule is O=C(O)Cc1cc(OC2CCN(CC(=O)c3ccccc3)CC2)c2cc(F)ccc2c1. The molecular weight excluding hydrogens is 397 g/mol. The van der Waals surface area contributed by atoms with Crippen LogP contribution in [-0.4, -0.2) is 47.5 Å². The molecule has 160 valence electrons. The lowest BCUT2D eigenvalue weighted by Crippen LogP contribution is -2.40. The summed E-state index contributed by atoms with van der Waals surface area (Å²) in [6, 6.07) is 17.1. The van der Waals surface area contributed by atoms with Gasteiger partial charge in [0.1, 0.15) is 17.7 Å². The molecule has 31 heavy (non-hydrogen) atoms. The molecule has 1 fully saturated rings. The normalized spacial score (nSPS) is 15.1. The van der Waals surface area contributed by atoms with E-state index < -0.39 is 5.97 Å². The summed E-state index contributed by atoms with van der Waals surface area (Å²) in [5.74, 6) is -0.684. The van der Waals surface area contributed by atoms with Gasteiger partial charge >= 0.3 is 5.97 Å². The molecule has 0 unspecified atom stereocenters. The van der Waals surface area contributed by atoms with Crippen LogP contribution < -0.4 is 4.74 Å². The largest absolute Gasteiger partial charge is 0.490 e. The third kappa shape index (κ3) is 5.27. The van der Waals surface area contributed by atoms with Gasteiger partial charge in [0.15, 0.2) is 5.78 Å². The average Bonchev–Trinajstić information content (AvgIpc) is 2.76. The number of halogens is 1. The van der Waals surface area contributed by atoms with E-state index in [1.165, 1.54) is 12.1 Å². The van der Waals surface area contributed by atoms with Gasteiger partial charge < -0.3 is 9.84 Å². The highest BCUT2D eigenvalue weighted by Gasteiger charge is 2.23. The van der Waals surface area contributed by atoms with Crippen molar-refractivity contribution < 1.29 is 23.8 Å². The predicted octanol–water partition coefficient (Wildman–Crippen LogP) is 4.33. The summed E-state index contributed by atoms with van der Waals surface area (Å²) in [5.41, 5.74) is 1.33. The number of ether oxygens (including phenoxy) is 1. The molecule has 0 aliphatic carbocycles. The first-order valence-electron chi connectivity index (χ1n) is 10.4. The van der Waals surface area contributed by atoms with Crippen LogP contribution in [0.5, 0.6) is 5.75 Å². The zero-order valence-electron chi connectivity index (χ0n) is 17.1. The molecule has 3 aromatic rings. The number of carbonyl (C=O) groups excluding carboxylic acids is 1. The Morgan fingerprint density at radius 3 is 2.48 bits per heavy atom. The molecule has 0 aromatic heterocycles. The molecule has 1 aliphatic rings. The Kier molecular flexibility index (Phi) is 6.28. The molecule has 6 heteroatoms. The van der Waals surface area contributed by atoms with Crippen LogP contribution in [-0.2, 0) is 11.2 Å². The van der Waals surface area contributed by atoms with Crippen LogP contribution in [0.2, 0.25) is 0 Å². The Morgan fingerprint density at radius 1 is 1.03 bits per heavy atom. The quantitative estimate of drug-likeness (QED) is 0.575. The van der Waals surface area contributed by atoms with E-state index in [1.54, 1.807) is 18.2 Å². The van der Waals surface area contributed by atoms with Gasteiger partial charge in [0.2, 0.25) is 0 Å². The first-order valence-corrected chi connectivity index (χ1v) is 10.4. The summed E-state index contributed by atoms with van der Waals surface area (Å²) >= 11 is 0. The molecule has 1 heterocycles. The number of rotatable bonds is 7. The molecule has 0 spiro atoms. The maximum absolute atomic E-state index is 13.8. The number of hydrogen-bond donors (Lipinski definition) is 1. The fourth-order valence-corrected chi connectivity index (χ4v) is 4.01. The van der Waals surface area contributed by atoms with Gasteiger partial charge in [-0.2, -0.15) is 0 Å². The van der Waals surface area contributed by atoms with Crippen molar-refractivity contribution in [2.45, 2.75) is 25.4 Å². The number of likely N-dealkylation sites (tertiary alicyclic amines) is 1. The van der Waals surface area contributed by atoms with Crippen LogP contribution in [0.25, 0.3) is 10.8 Å². The van der Waals surface area contributed by atoms with Crippen molar-refractivity contribution in [1.29, 1.82) is 0 Å². The number of hydrogen-bond acceptors (Lipinski definition) is 4. The topological polar surface area (TPSA) is 66.8 Å². The lowest BCUT2D eigenvalue weighted by atomic mass is 10.0. The summed E-state index contributed by atoms with van der Waals surface area (Å²) in [6.07, 6.45) is 1.28. The zero-order chi connectivity index (χ0) is 21.8. The van der Waals surface area contributed by atoms with Crippen LogP contribution in [0, 0.1) is 5.82 Å². The van der Waals surface area contributed by atoms with Crippen LogP contribution in [0.4, 0.5) is 4.39 Å². The molecule has 0 bridgehead atoms. The molecular formula is C25H24FNO4. The van der Waals surface area contributed by atoms with Crippen molar-refractivity contribution in [1.82, 2.24) is 4.90 Å². The second-order valence-corrected chi connectivity index (χ2v) is 7.91. The number of benzene rings is 3. The van der Waals surface area contributed by atoms with Gasteiger partial charge in [-0.25, -0.2) is 4.39 Å². The van der Waals surface area contributed by atoms with Crippen molar-refractivity contribution in [2.75, 3.05) is 19.6 Å². The molecule has 1 N–H and O–H groups in total. The van der Waals surface area contributed by atoms with E-state index in [1.807, 2.05) is 30.3 Å². The van der Waals surface area contributed by atoms with E-state index >= 15 is 0 Å². The minimum absolute atomic E-state index is 0.0744. The summed E-state index contributed by atoms with van der Waals surface area (Å²) in [5, 5.41) is 10.5. The number of fused-ring (bicyclic) bond motifs is 1. The van der Waals surface area contributed by atoms with Gasteiger partial charge in [-0.3, -0.25) is 14.5 Å². The standard InChI is InChI=1S/C25H24FNO4/c26-20-7-6-19-12-17(14-25(29)30)13-24(22(19)15-20)31-21-8-10-27(11-9-21)16-23(28)18-4-2-1-3-5-18/h1-7,12-13,15,21H,8-11,14,16H2,(H,29,30). The van der Waals surface area contributed by atoms with Gasteiger partial charge in [0.25, 0.3) is 0 Å². The number of aliphatic carboxylic acids is 1. The third-order valence-corrected chi connectivity index (χ3v) is 5.58. The Balaban J connectivity index is 1.43. The second kappa shape index (κ2) is 9.27. The minimum Gasteiger partial charge on any atom is -0.490 e. The lowest BCUT2D eigenvalue weighted by Gasteiger charge is -2.32. The second-order valence-electron chi connectivity index (χ2n) is 7.91. The maximum Gasteiger partial charge on any atom is 0.307 e. The minimum atomic E-state index is -0.927. The van der Waals surface area contributed by atoms with E-state index in [2.05, 4.69) is 4.90 Å². The number of carboxylic acid groups (broad SMARTS) is 1. The molecule has 5 nitrogen and oxygen atoms in total. The van der Waals surface area contributed by atoms with E-state index in [4.69, 9.17) is 9.84 Å². The number of carbonyl (C=O) groups is 2. The number of Topliss-reactive ketones (excluding diaryl/α,β-unsaturated/α-hetero) is 1. The third-order valence-electron chi connectivity index (χ3n) is 5.58. The van der Waals surface area contributed by atoms with Crippen LogP contribution in [0.15, 0.2) is 60.7 Å². The Morgan fingerprint density at radius 2 is 1.77 bits per heavy atom. The van der Waals surface area contributed by atoms with Crippen molar-refractivity contribution in [3.8, 4) is 5.75 Å². The van der Waals surface area contributed by atoms with Gasteiger partial charge in [-0.1, -0.05) is 42.5 Å². The van der Waals surface area contributed by atoms with Crippen molar-refractivity contribution in [3.05, 3.63) is 77.6 Å². The smallest absolute Gasteiger partial charge is 0.307 e. The fourth-order valence-electron chi connectivity index (χ4n) is 4.01. The Bertz CT molecular complexity index is 1090. The maximum atomic E-state index is 13.8. The highest BCUT2D eigenvalue weighted by molar-refractivity contribution is 5.97. The molecule has 0 amide bonds. The van der Waals surface area contributed by atoms with E-state index in [-0.39, 0.29) is 24.1 Å². The van der Waals surface area contributed by atoms with Crippen molar-refractivity contribution in [3.63, 3.8) is 0 Å². The number of nitrogens with zero attached hydrogens (tertiary/aromatic N) is 1. The molecule has 0 radical (unpaired) electrons. The van der Waals surface area contributed by atoms with Crippen molar-refractivity contribution >= 4 is 22.5 Å². The first kappa shape index (κ1) is 21.0. The van der Waals surface area contributed by atoms with Crippen LogP contribution in [0.3, 0.4) is 0 Å². The highest BCUT2D eigenvalue weighted by Crippen LogP contribution is 2.31. The van der Waals surface area contributed by atoms with Gasteiger partial charge in [-0.15, -0.1) is 0 Å². The number of carboxylic acids is 1. The van der Waals surface area contributed by atoms with Gasteiger partial charge in [0, 0.05) is 24.0 Å². The van der Waals surface area contributed by atoms with E-state index in [9.17, 15) is 14.0 Å². The monoisotopic (exact) mass is 421 g/mol. The van der Waals surface area contributed by atoms with E-state index in [0.717, 1.165) is 31.3 Å². The van der Waals surface area contributed by atoms with Gasteiger partial charge in [0.05, 0.1) is 13.0 Å². The molecule has 1 saturated heterocycles. The highest BCUT2D eigenvalue weighted by atomic mass is 19.1. The number of ketones is 1. The Hall–Kier alpha value is -3.25. The van der Waals surface area contributed by atoms with Crippen molar-refractivity contribution in [2.24, 2.45) is 0 Å². The number of piperidine rings is 1. The fraction of sp³-hybridized carbons (Fsp3) is 0.280. The average molecular weight is 421 g/mol. The zero-order valence-corrected chi connectivity index (χ0v) is 17.1. The lowest BCUT2D eigenvalue weighted by molar-refractivity contribution is -0.136.